The number of halogens is 1. The van der Waals surface area contributed by atoms with Crippen molar-refractivity contribution in [2.45, 2.75) is 69.6 Å². The maximum atomic E-state index is 13.3. The summed E-state index contributed by atoms with van der Waals surface area (Å²) < 4.78 is 1.76. The molecule has 0 spiro atoms. The van der Waals surface area contributed by atoms with Crippen LogP contribution in [0.4, 0.5) is 0 Å². The van der Waals surface area contributed by atoms with Crippen molar-refractivity contribution < 1.29 is 4.79 Å². The molecule has 160 valence electrons. The fourth-order valence-electron chi connectivity index (χ4n) is 3.67. The molecule has 2 aromatic rings. The molecule has 1 atom stereocenters. The van der Waals surface area contributed by atoms with Gasteiger partial charge < -0.3 is 5.32 Å². The minimum absolute atomic E-state index is 0.0298. The van der Waals surface area contributed by atoms with Crippen molar-refractivity contribution in [1.82, 2.24) is 14.9 Å². The Labute approximate surface area is 186 Å². The van der Waals surface area contributed by atoms with Crippen LogP contribution in [0.3, 0.4) is 0 Å². The van der Waals surface area contributed by atoms with Gasteiger partial charge in [-0.2, -0.15) is 5.26 Å². The van der Waals surface area contributed by atoms with Crippen LogP contribution in [0.25, 0.3) is 10.9 Å². The van der Waals surface area contributed by atoms with Crippen molar-refractivity contribution in [3.63, 3.8) is 0 Å². The molecule has 0 radical (unpaired) electrons. The van der Waals surface area contributed by atoms with Gasteiger partial charge >= 0.3 is 0 Å². The van der Waals surface area contributed by atoms with Crippen molar-refractivity contribution in [3.05, 3.63) is 33.6 Å². The Kier molecular flexibility index (Phi) is 7.10. The molecule has 1 heterocycles. The van der Waals surface area contributed by atoms with E-state index >= 15 is 0 Å². The molecule has 3 rings (SSSR count). The molecular formula is C22H27ClN4O2S. The smallest absolute Gasteiger partial charge is 0.262 e. The van der Waals surface area contributed by atoms with E-state index in [0.29, 0.717) is 21.1 Å². The van der Waals surface area contributed by atoms with Crippen LogP contribution in [0, 0.1) is 17.2 Å². The lowest BCUT2D eigenvalue weighted by molar-refractivity contribution is -0.120. The summed E-state index contributed by atoms with van der Waals surface area (Å²) in [5, 5.41) is 13.8. The number of hydrogen-bond donors (Lipinski definition) is 1. The zero-order chi connectivity index (χ0) is 21.9. The summed E-state index contributed by atoms with van der Waals surface area (Å²) in [5.74, 6) is -0.207. The molecule has 0 saturated heterocycles. The Balaban J connectivity index is 1.92. The van der Waals surface area contributed by atoms with Crippen LogP contribution in [0.1, 0.15) is 58.9 Å². The van der Waals surface area contributed by atoms with Gasteiger partial charge in [0.05, 0.1) is 22.7 Å². The molecule has 1 saturated carbocycles. The van der Waals surface area contributed by atoms with Crippen molar-refractivity contribution in [2.24, 2.45) is 5.92 Å². The molecule has 1 amide bonds. The molecule has 0 unspecified atom stereocenters. The van der Waals surface area contributed by atoms with Crippen molar-refractivity contribution in [3.8, 4) is 6.07 Å². The van der Waals surface area contributed by atoms with Gasteiger partial charge in [0.15, 0.2) is 5.16 Å². The van der Waals surface area contributed by atoms with Crippen LogP contribution >= 0.6 is 23.4 Å². The standard InChI is InChI=1S/C22H27ClN4O2S/c1-14(2)22(3,13-24)26-19(28)12-30-21-25-18-11-15(23)9-10-17(18)20(29)27(21)16-7-5-4-6-8-16/h9-11,14,16H,4-8,12H2,1-3H3,(H,26,28)/t22-/m0/s1. The highest BCUT2D eigenvalue weighted by atomic mass is 35.5. The van der Waals surface area contributed by atoms with Gasteiger partial charge in [-0.15, -0.1) is 0 Å². The zero-order valence-electron chi connectivity index (χ0n) is 17.6. The molecule has 1 aliphatic carbocycles. The van der Waals surface area contributed by atoms with E-state index in [0.717, 1.165) is 25.7 Å². The maximum Gasteiger partial charge on any atom is 0.262 e. The van der Waals surface area contributed by atoms with Gasteiger partial charge in [-0.1, -0.05) is 56.5 Å². The molecule has 1 fully saturated rings. The fourth-order valence-corrected chi connectivity index (χ4v) is 4.70. The third-order valence-corrected chi connectivity index (χ3v) is 7.08. The number of amides is 1. The van der Waals surface area contributed by atoms with Crippen molar-refractivity contribution in [2.75, 3.05) is 5.75 Å². The van der Waals surface area contributed by atoms with Gasteiger partial charge in [0.25, 0.3) is 5.56 Å². The molecule has 8 heteroatoms. The number of aromatic nitrogens is 2. The van der Waals surface area contributed by atoms with E-state index in [2.05, 4.69) is 11.4 Å². The average molecular weight is 447 g/mol. The number of hydrogen-bond acceptors (Lipinski definition) is 5. The minimum Gasteiger partial charge on any atom is -0.337 e. The van der Waals surface area contributed by atoms with E-state index < -0.39 is 5.54 Å². The maximum absolute atomic E-state index is 13.3. The van der Waals surface area contributed by atoms with Gasteiger partial charge in [0.1, 0.15) is 5.54 Å². The molecule has 0 aliphatic heterocycles. The molecular weight excluding hydrogens is 420 g/mol. The highest BCUT2D eigenvalue weighted by Crippen LogP contribution is 2.31. The number of benzene rings is 1. The highest BCUT2D eigenvalue weighted by molar-refractivity contribution is 7.99. The van der Waals surface area contributed by atoms with Gasteiger partial charge in [0.2, 0.25) is 5.91 Å². The van der Waals surface area contributed by atoms with Crippen LogP contribution in [0.15, 0.2) is 28.2 Å². The Bertz CT molecular complexity index is 1040. The van der Waals surface area contributed by atoms with E-state index in [1.807, 2.05) is 13.8 Å². The normalized spacial score (nSPS) is 16.9. The monoisotopic (exact) mass is 446 g/mol. The van der Waals surface area contributed by atoms with Crippen LogP contribution in [0.2, 0.25) is 5.02 Å². The van der Waals surface area contributed by atoms with Crippen LogP contribution in [-0.4, -0.2) is 26.8 Å². The first-order valence-electron chi connectivity index (χ1n) is 10.3. The number of thioether (sulfide) groups is 1. The Morgan fingerprint density at radius 2 is 2.10 bits per heavy atom. The number of rotatable bonds is 6. The fraction of sp³-hybridized carbons (Fsp3) is 0.545. The summed E-state index contributed by atoms with van der Waals surface area (Å²) in [6.07, 6.45) is 5.19. The summed E-state index contributed by atoms with van der Waals surface area (Å²) in [7, 11) is 0. The quantitative estimate of drug-likeness (QED) is 0.513. The van der Waals surface area contributed by atoms with Gasteiger partial charge in [-0.3, -0.25) is 14.2 Å². The molecule has 1 N–H and O–H groups in total. The number of fused-ring (bicyclic) bond motifs is 1. The molecule has 0 bridgehead atoms. The molecule has 6 nitrogen and oxygen atoms in total. The second-order valence-corrected chi connectivity index (χ2v) is 9.71. The van der Waals surface area contributed by atoms with Gasteiger partial charge in [0, 0.05) is 11.1 Å². The van der Waals surface area contributed by atoms with E-state index in [1.165, 1.54) is 18.2 Å². The first-order valence-corrected chi connectivity index (χ1v) is 11.7. The summed E-state index contributed by atoms with van der Waals surface area (Å²) >= 11 is 7.34. The highest BCUT2D eigenvalue weighted by Gasteiger charge is 2.30. The molecule has 30 heavy (non-hydrogen) atoms. The molecule has 1 aromatic carbocycles. The number of nitriles is 1. The Morgan fingerprint density at radius 3 is 2.73 bits per heavy atom. The number of nitrogens with one attached hydrogen (secondary N) is 1. The lowest BCUT2D eigenvalue weighted by atomic mass is 9.90. The second kappa shape index (κ2) is 9.40. The number of nitrogens with zero attached hydrogens (tertiary/aromatic N) is 3. The minimum atomic E-state index is -0.939. The third kappa shape index (κ3) is 4.81. The van der Waals surface area contributed by atoms with E-state index in [9.17, 15) is 14.9 Å². The number of carbonyl (C=O) groups excluding carboxylic acids is 1. The summed E-state index contributed by atoms with van der Waals surface area (Å²) in [5.41, 5.74) is -0.493. The first-order chi connectivity index (χ1) is 14.2. The summed E-state index contributed by atoms with van der Waals surface area (Å²) in [6, 6.07) is 7.37. The van der Waals surface area contributed by atoms with E-state index in [1.54, 1.807) is 29.7 Å². The predicted octanol–water partition coefficient (Wildman–Crippen LogP) is 4.70. The lowest BCUT2D eigenvalue weighted by Crippen LogP contribution is -2.49. The topological polar surface area (TPSA) is 87.8 Å². The van der Waals surface area contributed by atoms with E-state index in [4.69, 9.17) is 16.6 Å². The summed E-state index contributed by atoms with van der Waals surface area (Å²) in [4.78, 5) is 30.6. The molecule has 1 aliphatic rings. The SMILES string of the molecule is CC(C)[C@](C)(C#N)NC(=O)CSc1nc2cc(Cl)ccc2c(=O)n1C1CCCCC1. The third-order valence-electron chi connectivity index (χ3n) is 5.89. The predicted molar refractivity (Wildman–Crippen MR) is 121 cm³/mol. The summed E-state index contributed by atoms with van der Waals surface area (Å²) in [6.45, 7) is 5.51. The Hall–Kier alpha value is -2.04. The van der Waals surface area contributed by atoms with Crippen molar-refractivity contribution in [1.29, 1.82) is 5.26 Å². The first kappa shape index (κ1) is 22.6. The second-order valence-electron chi connectivity index (χ2n) is 8.33. The van der Waals surface area contributed by atoms with Crippen LogP contribution in [-0.2, 0) is 4.79 Å². The van der Waals surface area contributed by atoms with Crippen LogP contribution in [0.5, 0.6) is 0 Å². The molecule has 1 aromatic heterocycles. The van der Waals surface area contributed by atoms with Crippen molar-refractivity contribution >= 4 is 40.2 Å². The van der Waals surface area contributed by atoms with E-state index in [-0.39, 0.29) is 29.2 Å². The number of carbonyl (C=O) groups is 1. The van der Waals surface area contributed by atoms with Crippen LogP contribution < -0.4 is 10.9 Å². The van der Waals surface area contributed by atoms with Gasteiger partial charge in [-0.05, 0) is 43.9 Å². The Morgan fingerprint density at radius 1 is 1.40 bits per heavy atom. The van der Waals surface area contributed by atoms with Gasteiger partial charge in [-0.25, -0.2) is 4.98 Å². The largest absolute Gasteiger partial charge is 0.337 e. The average Bonchev–Trinajstić information content (AvgIpc) is 2.72. The lowest BCUT2D eigenvalue weighted by Gasteiger charge is -2.28. The zero-order valence-corrected chi connectivity index (χ0v) is 19.1.